The molecule has 2 aromatic carbocycles. The van der Waals surface area contributed by atoms with Gasteiger partial charge < -0.3 is 29.9 Å². The van der Waals surface area contributed by atoms with Gasteiger partial charge in [0.25, 0.3) is 11.5 Å². The molecule has 9 nitrogen and oxygen atoms in total. The van der Waals surface area contributed by atoms with Gasteiger partial charge in [0.1, 0.15) is 12.7 Å². The van der Waals surface area contributed by atoms with E-state index in [1.165, 1.54) is 24.4 Å². The maximum Gasteiger partial charge on any atom is 0.259 e. The van der Waals surface area contributed by atoms with Crippen LogP contribution in [0.1, 0.15) is 39.9 Å². The van der Waals surface area contributed by atoms with Gasteiger partial charge in [-0.25, -0.2) is 4.39 Å². The minimum atomic E-state index is -1.01. The van der Waals surface area contributed by atoms with E-state index < -0.39 is 11.9 Å². The molecule has 3 aliphatic heterocycles. The number of likely N-dealkylation sites (tertiary alicyclic amines) is 1. The summed E-state index contributed by atoms with van der Waals surface area (Å²) in [5, 5.41) is 13.7. The van der Waals surface area contributed by atoms with E-state index in [4.69, 9.17) is 21.3 Å². The number of halogens is 2. The third-order valence-corrected chi connectivity index (χ3v) is 8.29. The van der Waals surface area contributed by atoms with Crippen molar-refractivity contribution in [3.05, 3.63) is 86.0 Å². The Bertz CT molecular complexity index is 1560. The number of hydrogen-bond acceptors (Lipinski definition) is 7. The predicted octanol–water partition coefficient (Wildman–Crippen LogP) is 3.75. The maximum atomic E-state index is 14.0. The van der Waals surface area contributed by atoms with Crippen molar-refractivity contribution < 1.29 is 19.0 Å². The molecule has 11 heteroatoms. The van der Waals surface area contributed by atoms with Crippen LogP contribution in [0.3, 0.4) is 0 Å². The molecule has 0 spiro atoms. The summed E-state index contributed by atoms with van der Waals surface area (Å²) < 4.78 is 19.4. The lowest BCUT2D eigenvalue weighted by molar-refractivity contribution is 0.0617. The van der Waals surface area contributed by atoms with Gasteiger partial charge in [0, 0.05) is 37.3 Å². The number of pyridine rings is 1. The van der Waals surface area contributed by atoms with Crippen molar-refractivity contribution in [2.45, 2.75) is 38.0 Å². The van der Waals surface area contributed by atoms with E-state index in [2.05, 4.69) is 22.2 Å². The predicted molar refractivity (Wildman–Crippen MR) is 155 cm³/mol. The van der Waals surface area contributed by atoms with E-state index in [0.717, 1.165) is 37.1 Å². The molecule has 1 atom stereocenters. The molecule has 0 aliphatic carbocycles. The average molecular weight is 580 g/mol. The van der Waals surface area contributed by atoms with Crippen LogP contribution in [-0.4, -0.2) is 76.9 Å². The van der Waals surface area contributed by atoms with Crippen molar-refractivity contribution in [1.82, 2.24) is 14.8 Å². The van der Waals surface area contributed by atoms with Gasteiger partial charge >= 0.3 is 0 Å². The van der Waals surface area contributed by atoms with E-state index >= 15 is 0 Å². The number of carbonyl (C=O) groups is 1. The number of rotatable bonds is 8. The largest absolute Gasteiger partial charge is 0.486 e. The van der Waals surface area contributed by atoms with Crippen molar-refractivity contribution in [3.63, 3.8) is 0 Å². The lowest BCUT2D eigenvalue weighted by Gasteiger charge is -2.34. The molecule has 1 aromatic heterocycles. The summed E-state index contributed by atoms with van der Waals surface area (Å²) in [6.45, 7) is 2.41. The summed E-state index contributed by atoms with van der Waals surface area (Å²) in [4.78, 5) is 38.0. The lowest BCUT2D eigenvalue weighted by atomic mass is 10.00. The first kappa shape index (κ1) is 27.4. The number of nitrogens with zero attached hydrogens (tertiary/aromatic N) is 3. The molecule has 1 amide bonds. The van der Waals surface area contributed by atoms with E-state index in [-0.39, 0.29) is 41.4 Å². The first-order valence-electron chi connectivity index (χ1n) is 13.7. The van der Waals surface area contributed by atoms with Crippen LogP contribution in [0.25, 0.3) is 0 Å². The molecule has 1 fully saturated rings. The van der Waals surface area contributed by atoms with Crippen LogP contribution in [-0.2, 0) is 13.0 Å². The summed E-state index contributed by atoms with van der Waals surface area (Å²) in [6.07, 6.45) is 2.90. The number of H-pyrrole nitrogens is 1. The summed E-state index contributed by atoms with van der Waals surface area (Å²) in [7, 11) is 2.11. The first-order valence-corrected chi connectivity index (χ1v) is 14.1. The Morgan fingerprint density at radius 3 is 2.80 bits per heavy atom. The molecule has 41 heavy (non-hydrogen) atoms. The van der Waals surface area contributed by atoms with Crippen LogP contribution < -0.4 is 15.6 Å². The van der Waals surface area contributed by atoms with Crippen LogP contribution in [0.5, 0.6) is 5.75 Å². The van der Waals surface area contributed by atoms with E-state index in [1.54, 1.807) is 6.07 Å². The first-order chi connectivity index (χ1) is 19.8. The number of fused-ring (bicyclic) bond motifs is 2. The molecule has 6 rings (SSSR count). The second kappa shape index (κ2) is 11.3. The smallest absolute Gasteiger partial charge is 0.259 e. The highest BCUT2D eigenvalue weighted by atomic mass is 35.5. The Morgan fingerprint density at radius 1 is 1.22 bits per heavy atom. The highest BCUT2D eigenvalue weighted by Crippen LogP contribution is 2.37. The molecule has 0 saturated carbocycles. The fraction of sp³-hybridized carbons (Fsp3) is 0.367. The zero-order valence-corrected chi connectivity index (χ0v) is 23.4. The summed E-state index contributed by atoms with van der Waals surface area (Å²) in [6, 6.07) is 10.1. The minimum absolute atomic E-state index is 0.0400. The molecule has 4 heterocycles. The Kier molecular flexibility index (Phi) is 7.54. The van der Waals surface area contributed by atoms with Gasteiger partial charge in [-0.15, -0.1) is 0 Å². The number of aliphatic imine (C=N–C) groups is 1. The third-order valence-electron chi connectivity index (χ3n) is 8.00. The van der Waals surface area contributed by atoms with Gasteiger partial charge in [-0.1, -0.05) is 23.7 Å². The van der Waals surface area contributed by atoms with Crippen LogP contribution >= 0.6 is 11.6 Å². The van der Waals surface area contributed by atoms with E-state index in [1.807, 2.05) is 17.0 Å². The molecule has 3 N–H and O–H groups in total. The molecule has 3 aromatic rings. The number of benzene rings is 2. The monoisotopic (exact) mass is 579 g/mol. The molecule has 3 aliphatic rings. The SMILES string of the molecule is CN1CCC(N2Cc3cc4c(cc3C2=O)N=C(c2c(NC[C@@H](O)COc3c(F)cccc3Cl)cc[nH]c2=O)C4)CC1. The standard InChI is InChI=1S/C30H31ClFN5O4/c1-36-9-6-19(7-10-36)37-15-18-11-17-12-26(35-25(17)13-21(18)30(37)40)27-24(5-8-33-29(27)39)34-14-20(38)16-41-28-22(31)3-2-4-23(28)32/h2-5,8,11,13,19-20,38H,6-7,9-10,12,14-16H2,1H3,(H2,33,34,39)/t20-/m1/s1. The number of anilines is 1. The average Bonchev–Trinajstić information content (AvgIpc) is 3.50. The highest BCUT2D eigenvalue weighted by molar-refractivity contribution is 6.32. The number of aromatic nitrogens is 1. The van der Waals surface area contributed by atoms with Gasteiger partial charge in [0.15, 0.2) is 11.6 Å². The van der Waals surface area contributed by atoms with Crippen molar-refractivity contribution in [2.75, 3.05) is 38.6 Å². The maximum absolute atomic E-state index is 14.0. The number of hydrogen-bond donors (Lipinski definition) is 3. The van der Waals surface area contributed by atoms with E-state index in [9.17, 15) is 19.1 Å². The molecule has 0 bridgehead atoms. The van der Waals surface area contributed by atoms with Crippen LogP contribution in [0.2, 0.25) is 5.02 Å². The van der Waals surface area contributed by atoms with Crippen LogP contribution in [0.15, 0.2) is 52.4 Å². The van der Waals surface area contributed by atoms with Gasteiger partial charge in [0.2, 0.25) is 0 Å². The Hall–Kier alpha value is -3.73. The second-order valence-corrected chi connectivity index (χ2v) is 11.2. The Morgan fingerprint density at radius 2 is 2.02 bits per heavy atom. The van der Waals surface area contributed by atoms with Crippen molar-refractivity contribution in [3.8, 4) is 5.75 Å². The van der Waals surface area contributed by atoms with Crippen molar-refractivity contribution >= 4 is 34.6 Å². The quantitative estimate of drug-likeness (QED) is 0.375. The van der Waals surface area contributed by atoms with Gasteiger partial charge in [-0.2, -0.15) is 0 Å². The molecule has 0 radical (unpaired) electrons. The number of piperidine rings is 1. The Labute approximate surface area is 241 Å². The van der Waals surface area contributed by atoms with Gasteiger partial charge in [-0.05, 0) is 68.4 Å². The molecular formula is C30H31ClFN5O4. The minimum Gasteiger partial charge on any atom is -0.486 e. The summed E-state index contributed by atoms with van der Waals surface area (Å²) in [5.41, 5.74) is 4.49. The zero-order chi connectivity index (χ0) is 28.7. The van der Waals surface area contributed by atoms with Gasteiger partial charge in [-0.3, -0.25) is 14.6 Å². The number of nitrogens with one attached hydrogen (secondary N) is 2. The topological polar surface area (TPSA) is 110 Å². The summed E-state index contributed by atoms with van der Waals surface area (Å²) >= 11 is 5.99. The van der Waals surface area contributed by atoms with Crippen molar-refractivity contribution in [2.24, 2.45) is 4.99 Å². The fourth-order valence-corrected chi connectivity index (χ4v) is 6.00. The van der Waals surface area contributed by atoms with Gasteiger partial charge in [0.05, 0.1) is 27.7 Å². The normalized spacial score (nSPS) is 17.8. The molecular weight excluding hydrogens is 549 g/mol. The fourth-order valence-electron chi connectivity index (χ4n) is 5.78. The number of aliphatic hydroxyl groups is 1. The number of carbonyl (C=O) groups excluding carboxylic acids is 1. The van der Waals surface area contributed by atoms with Crippen LogP contribution in [0.4, 0.5) is 15.8 Å². The Balaban J connectivity index is 1.15. The number of amides is 1. The van der Waals surface area contributed by atoms with E-state index in [0.29, 0.717) is 41.2 Å². The summed E-state index contributed by atoms with van der Waals surface area (Å²) in [5.74, 6) is -0.688. The number of aromatic amines is 1. The number of aliphatic hydroxyl groups excluding tert-OH is 1. The molecule has 214 valence electrons. The molecule has 0 unspecified atom stereocenters. The highest BCUT2D eigenvalue weighted by Gasteiger charge is 2.35. The third kappa shape index (κ3) is 5.47. The lowest BCUT2D eigenvalue weighted by Crippen LogP contribution is -2.43. The molecule has 1 saturated heterocycles. The number of ether oxygens (including phenoxy) is 1. The van der Waals surface area contributed by atoms with Crippen molar-refractivity contribution in [1.29, 1.82) is 0 Å². The number of para-hydroxylation sites is 1. The second-order valence-electron chi connectivity index (χ2n) is 10.8. The zero-order valence-electron chi connectivity index (χ0n) is 22.6. The van der Waals surface area contributed by atoms with Crippen LogP contribution in [0, 0.1) is 5.82 Å².